The Morgan fingerprint density at radius 1 is 1.41 bits per heavy atom. The first-order chi connectivity index (χ1) is 7.66. The molecule has 0 aliphatic heterocycles. The van der Waals surface area contributed by atoms with Gasteiger partial charge in [0.1, 0.15) is 5.69 Å². The lowest BCUT2D eigenvalue weighted by molar-refractivity contribution is -0.388. The van der Waals surface area contributed by atoms with E-state index in [0.29, 0.717) is 0 Å². The van der Waals surface area contributed by atoms with E-state index < -0.39 is 40.0 Å². The minimum atomic E-state index is -5.01. The van der Waals surface area contributed by atoms with Crippen LogP contribution >= 0.6 is 0 Å². The van der Waals surface area contributed by atoms with E-state index in [2.05, 4.69) is 4.98 Å². The molecule has 1 rings (SSSR count). The molecule has 0 saturated carbocycles. The summed E-state index contributed by atoms with van der Waals surface area (Å²) in [5.74, 6) is 0. The van der Waals surface area contributed by atoms with Crippen molar-refractivity contribution in [3.05, 3.63) is 33.1 Å². The highest BCUT2D eigenvalue weighted by Crippen LogP contribution is 2.39. The number of pyridine rings is 1. The lowest BCUT2D eigenvalue weighted by atomic mass is 10.1. The monoisotopic (exact) mass is 256 g/mol. The van der Waals surface area contributed by atoms with Crippen LogP contribution in [0.3, 0.4) is 0 Å². The quantitative estimate of drug-likeness (QED) is 0.463. The Kier molecular flexibility index (Phi) is 3.30. The van der Waals surface area contributed by atoms with Gasteiger partial charge in [-0.2, -0.15) is 13.2 Å². The van der Waals surface area contributed by atoms with Crippen LogP contribution in [0.5, 0.6) is 0 Å². The largest absolute Gasteiger partial charge is 0.424 e. The van der Waals surface area contributed by atoms with Crippen molar-refractivity contribution < 1.29 is 26.9 Å². The predicted molar refractivity (Wildman–Crippen MR) is 45.6 cm³/mol. The smallest absolute Gasteiger partial charge is 0.258 e. The van der Waals surface area contributed by atoms with Gasteiger partial charge in [-0.1, -0.05) is 0 Å². The van der Waals surface area contributed by atoms with Crippen LogP contribution in [-0.4, -0.2) is 9.91 Å². The lowest BCUT2D eigenvalue weighted by Crippen LogP contribution is -2.12. The number of nitro groups is 1. The van der Waals surface area contributed by atoms with Crippen LogP contribution in [0.15, 0.2) is 6.20 Å². The molecule has 0 spiro atoms. The summed E-state index contributed by atoms with van der Waals surface area (Å²) in [6, 6.07) is 0. The molecule has 0 atom stereocenters. The number of aromatic nitrogens is 1. The van der Waals surface area contributed by atoms with Crippen molar-refractivity contribution in [3.63, 3.8) is 0 Å². The molecule has 4 nitrogen and oxygen atoms in total. The summed E-state index contributed by atoms with van der Waals surface area (Å²) in [5, 5.41) is 10.5. The molecule has 1 aromatic heterocycles. The Bertz CT molecular complexity index is 458. The standard InChI is InChI=1S/C8H5F5N2O2/c1-3-5(7(9)10)14-2-4(8(11,12)13)6(3)15(16)17/h2,7H,1H3. The van der Waals surface area contributed by atoms with Crippen molar-refractivity contribution in [3.8, 4) is 0 Å². The summed E-state index contributed by atoms with van der Waals surface area (Å²) in [4.78, 5) is 12.1. The topological polar surface area (TPSA) is 56.0 Å². The number of rotatable bonds is 2. The van der Waals surface area contributed by atoms with Crippen molar-refractivity contribution in [1.82, 2.24) is 4.98 Å². The predicted octanol–water partition coefficient (Wildman–Crippen LogP) is 3.25. The zero-order chi connectivity index (χ0) is 13.4. The summed E-state index contributed by atoms with van der Waals surface area (Å²) < 4.78 is 61.8. The number of nitrogens with zero attached hydrogens (tertiary/aromatic N) is 2. The molecule has 0 N–H and O–H groups in total. The maximum absolute atomic E-state index is 12.4. The van der Waals surface area contributed by atoms with Gasteiger partial charge in [0.25, 0.3) is 12.1 Å². The zero-order valence-electron chi connectivity index (χ0n) is 8.26. The minimum Gasteiger partial charge on any atom is -0.258 e. The maximum atomic E-state index is 12.4. The van der Waals surface area contributed by atoms with Crippen molar-refractivity contribution in [2.24, 2.45) is 0 Å². The number of hydrogen-bond donors (Lipinski definition) is 0. The van der Waals surface area contributed by atoms with Crippen molar-refractivity contribution in [2.45, 2.75) is 19.5 Å². The van der Waals surface area contributed by atoms with Crippen LogP contribution in [-0.2, 0) is 6.18 Å². The molecule has 1 heterocycles. The molecular formula is C8H5F5N2O2. The van der Waals surface area contributed by atoms with Gasteiger partial charge in [-0.3, -0.25) is 15.1 Å². The summed E-state index contributed by atoms with van der Waals surface area (Å²) in [5.41, 5.74) is -4.82. The minimum absolute atomic E-state index is 0.0482. The Balaban J connectivity index is 3.57. The van der Waals surface area contributed by atoms with E-state index in [0.717, 1.165) is 6.92 Å². The van der Waals surface area contributed by atoms with Gasteiger partial charge in [-0.15, -0.1) is 0 Å². The van der Waals surface area contributed by atoms with Crippen LogP contribution in [0.4, 0.5) is 27.6 Å². The first kappa shape index (κ1) is 13.3. The fourth-order valence-electron chi connectivity index (χ4n) is 1.28. The number of hydrogen-bond acceptors (Lipinski definition) is 3. The number of alkyl halides is 5. The van der Waals surface area contributed by atoms with Crippen molar-refractivity contribution in [1.29, 1.82) is 0 Å². The molecule has 0 amide bonds. The second kappa shape index (κ2) is 4.22. The fraction of sp³-hybridized carbons (Fsp3) is 0.375. The van der Waals surface area contributed by atoms with Gasteiger partial charge in [-0.05, 0) is 6.92 Å². The molecule has 0 aromatic carbocycles. The van der Waals surface area contributed by atoms with Gasteiger partial charge in [0.05, 0.1) is 10.5 Å². The van der Waals surface area contributed by atoms with Gasteiger partial charge >= 0.3 is 6.18 Å². The highest BCUT2D eigenvalue weighted by Gasteiger charge is 2.41. The third kappa shape index (κ3) is 2.48. The maximum Gasteiger partial charge on any atom is 0.424 e. The van der Waals surface area contributed by atoms with Crippen LogP contribution in [0.25, 0.3) is 0 Å². The van der Waals surface area contributed by atoms with Crippen molar-refractivity contribution >= 4 is 5.69 Å². The third-order valence-electron chi connectivity index (χ3n) is 2.02. The molecule has 0 bridgehead atoms. The van der Waals surface area contributed by atoms with Gasteiger partial charge in [0.15, 0.2) is 5.56 Å². The zero-order valence-corrected chi connectivity index (χ0v) is 8.26. The molecule has 0 radical (unpaired) electrons. The fourth-order valence-corrected chi connectivity index (χ4v) is 1.28. The Morgan fingerprint density at radius 2 is 1.94 bits per heavy atom. The average Bonchev–Trinajstić information content (AvgIpc) is 2.14. The molecule has 0 aliphatic rings. The van der Waals surface area contributed by atoms with E-state index in [1.807, 2.05) is 0 Å². The molecule has 0 fully saturated rings. The van der Waals surface area contributed by atoms with E-state index >= 15 is 0 Å². The van der Waals surface area contributed by atoms with E-state index in [1.54, 1.807) is 0 Å². The van der Waals surface area contributed by atoms with Crippen LogP contribution in [0.2, 0.25) is 0 Å². The third-order valence-corrected chi connectivity index (χ3v) is 2.02. The van der Waals surface area contributed by atoms with Crippen LogP contribution in [0.1, 0.15) is 23.2 Å². The SMILES string of the molecule is Cc1c(C(F)F)ncc(C(F)(F)F)c1[N+](=O)[O-]. The van der Waals surface area contributed by atoms with E-state index in [4.69, 9.17) is 0 Å². The van der Waals surface area contributed by atoms with Gasteiger partial charge in [-0.25, -0.2) is 8.78 Å². The Morgan fingerprint density at radius 3 is 2.29 bits per heavy atom. The van der Waals surface area contributed by atoms with E-state index in [9.17, 15) is 32.1 Å². The molecule has 1 aromatic rings. The molecule has 9 heteroatoms. The van der Waals surface area contributed by atoms with E-state index in [-0.39, 0.29) is 6.20 Å². The van der Waals surface area contributed by atoms with Crippen molar-refractivity contribution in [2.75, 3.05) is 0 Å². The second-order valence-electron chi connectivity index (χ2n) is 3.09. The van der Waals surface area contributed by atoms with Gasteiger partial charge in [0.2, 0.25) is 0 Å². The molecular weight excluding hydrogens is 251 g/mol. The summed E-state index contributed by atoms with van der Waals surface area (Å²) in [6.45, 7) is 0.807. The first-order valence-electron chi connectivity index (χ1n) is 4.15. The lowest BCUT2D eigenvalue weighted by Gasteiger charge is -2.10. The Hall–Kier alpha value is -1.80. The molecule has 0 aliphatic carbocycles. The molecule has 94 valence electrons. The summed E-state index contributed by atoms with van der Waals surface area (Å²) in [7, 11) is 0. The van der Waals surface area contributed by atoms with Crippen LogP contribution < -0.4 is 0 Å². The van der Waals surface area contributed by atoms with Gasteiger partial charge < -0.3 is 0 Å². The number of halogens is 5. The summed E-state index contributed by atoms with van der Waals surface area (Å²) >= 11 is 0. The average molecular weight is 256 g/mol. The van der Waals surface area contributed by atoms with Crippen LogP contribution in [0, 0.1) is 17.0 Å². The highest BCUT2D eigenvalue weighted by molar-refractivity contribution is 5.49. The highest BCUT2D eigenvalue weighted by atomic mass is 19.4. The normalized spacial score (nSPS) is 11.9. The van der Waals surface area contributed by atoms with Gasteiger partial charge in [0, 0.05) is 6.20 Å². The molecule has 0 unspecified atom stereocenters. The first-order valence-corrected chi connectivity index (χ1v) is 4.15. The molecule has 0 saturated heterocycles. The second-order valence-corrected chi connectivity index (χ2v) is 3.09. The van der Waals surface area contributed by atoms with E-state index in [1.165, 1.54) is 0 Å². The summed E-state index contributed by atoms with van der Waals surface area (Å²) in [6.07, 6.45) is -8.14. The molecule has 17 heavy (non-hydrogen) atoms. The Labute approximate surface area is 91.2 Å².